The van der Waals surface area contributed by atoms with Crippen molar-refractivity contribution in [3.8, 4) is 6.07 Å². The molecule has 3 rings (SSSR count). The molecule has 6 heteroatoms. The van der Waals surface area contributed by atoms with Crippen LogP contribution in [0.15, 0.2) is 41.9 Å². The average Bonchev–Trinajstić information content (AvgIpc) is 2.83. The standard InChI is InChI=1S/C17H17FN4O/c1-11-10-22-16(21(11)2)8-14(20-17(22)23)5-3-12-4-6-15(18)13(7-12)9-19/h4-8,11H,3,10H2,1-2H3,(H,20,23). The summed E-state index contributed by atoms with van der Waals surface area (Å²) >= 11 is 0. The van der Waals surface area contributed by atoms with E-state index in [1.54, 1.807) is 11.0 Å². The van der Waals surface area contributed by atoms with E-state index in [4.69, 9.17) is 5.26 Å². The van der Waals surface area contributed by atoms with Crippen molar-refractivity contribution in [2.45, 2.75) is 19.4 Å². The van der Waals surface area contributed by atoms with Gasteiger partial charge in [-0.05, 0) is 31.0 Å². The van der Waals surface area contributed by atoms with Crippen LogP contribution in [0.1, 0.15) is 18.1 Å². The van der Waals surface area contributed by atoms with E-state index >= 15 is 0 Å². The van der Waals surface area contributed by atoms with E-state index in [1.807, 2.05) is 25.3 Å². The van der Waals surface area contributed by atoms with Gasteiger partial charge in [-0.15, -0.1) is 0 Å². The molecule has 5 nitrogen and oxygen atoms in total. The van der Waals surface area contributed by atoms with Crippen molar-refractivity contribution in [3.05, 3.63) is 58.8 Å². The lowest BCUT2D eigenvalue weighted by molar-refractivity contribution is 0.215. The van der Waals surface area contributed by atoms with Crippen LogP contribution in [0.3, 0.4) is 0 Å². The normalized spacial score (nSPS) is 21.8. The number of halogens is 1. The maximum absolute atomic E-state index is 13.3. The number of carbonyl (C=O) groups is 1. The minimum atomic E-state index is -0.519. The summed E-state index contributed by atoms with van der Waals surface area (Å²) in [6.45, 7) is 2.74. The molecule has 0 radical (unpaired) electrons. The lowest BCUT2D eigenvalue weighted by Gasteiger charge is -2.26. The van der Waals surface area contributed by atoms with E-state index in [1.165, 1.54) is 12.1 Å². The number of allylic oxidation sites excluding steroid dienone is 2. The van der Waals surface area contributed by atoms with Crippen LogP contribution >= 0.6 is 0 Å². The number of carbonyl (C=O) groups excluding carboxylic acids is 1. The summed E-state index contributed by atoms with van der Waals surface area (Å²) in [5, 5.41) is 11.7. The van der Waals surface area contributed by atoms with Crippen molar-refractivity contribution in [2.24, 2.45) is 0 Å². The molecule has 1 aromatic rings. The van der Waals surface area contributed by atoms with Crippen molar-refractivity contribution in [3.63, 3.8) is 0 Å². The molecule has 0 bridgehead atoms. The first-order chi connectivity index (χ1) is 11.0. The first-order valence-corrected chi connectivity index (χ1v) is 7.41. The van der Waals surface area contributed by atoms with E-state index in [-0.39, 0.29) is 17.6 Å². The Morgan fingerprint density at radius 2 is 2.30 bits per heavy atom. The van der Waals surface area contributed by atoms with Crippen molar-refractivity contribution >= 4 is 6.03 Å². The molecule has 1 N–H and O–H groups in total. The van der Waals surface area contributed by atoms with Crippen molar-refractivity contribution < 1.29 is 9.18 Å². The Labute approximate surface area is 134 Å². The number of nitrogens with zero attached hydrogens (tertiary/aromatic N) is 3. The fourth-order valence-electron chi connectivity index (χ4n) is 2.75. The van der Waals surface area contributed by atoms with E-state index < -0.39 is 5.82 Å². The van der Waals surface area contributed by atoms with Gasteiger partial charge in [0.25, 0.3) is 0 Å². The molecule has 2 aliphatic rings. The number of likely N-dealkylation sites (N-methyl/N-ethyl adjacent to an activating group) is 1. The van der Waals surface area contributed by atoms with Crippen LogP contribution in [-0.4, -0.2) is 35.5 Å². The lowest BCUT2D eigenvalue weighted by Crippen LogP contribution is -2.41. The summed E-state index contributed by atoms with van der Waals surface area (Å²) in [6.07, 6.45) is 4.31. The van der Waals surface area contributed by atoms with Gasteiger partial charge in [-0.25, -0.2) is 9.18 Å². The molecule has 1 fully saturated rings. The second kappa shape index (κ2) is 5.76. The molecule has 0 aliphatic carbocycles. The van der Waals surface area contributed by atoms with Crippen LogP contribution in [0.2, 0.25) is 0 Å². The van der Waals surface area contributed by atoms with E-state index in [0.29, 0.717) is 18.7 Å². The highest BCUT2D eigenvalue weighted by Gasteiger charge is 2.35. The van der Waals surface area contributed by atoms with Crippen molar-refractivity contribution in [1.82, 2.24) is 15.1 Å². The zero-order valence-corrected chi connectivity index (χ0v) is 13.0. The van der Waals surface area contributed by atoms with Gasteiger partial charge in [0.05, 0.1) is 5.56 Å². The molecule has 2 amide bonds. The predicted octanol–water partition coefficient (Wildman–Crippen LogP) is 2.32. The third-order valence-electron chi connectivity index (χ3n) is 4.24. The Morgan fingerprint density at radius 3 is 3.04 bits per heavy atom. The molecule has 0 spiro atoms. The minimum absolute atomic E-state index is 0.0301. The molecule has 23 heavy (non-hydrogen) atoms. The quantitative estimate of drug-likeness (QED) is 0.912. The summed E-state index contributed by atoms with van der Waals surface area (Å²) in [5.74, 6) is 0.360. The SMILES string of the molecule is CC1CN2C(=O)NC(=CCc3ccc(F)c(C#N)c3)C=C2N1C. The summed E-state index contributed by atoms with van der Waals surface area (Å²) in [6, 6.07) is 6.43. The Bertz CT molecular complexity index is 762. The summed E-state index contributed by atoms with van der Waals surface area (Å²) in [4.78, 5) is 15.9. The van der Waals surface area contributed by atoms with Gasteiger partial charge < -0.3 is 10.2 Å². The molecule has 2 aliphatic heterocycles. The highest BCUT2D eigenvalue weighted by atomic mass is 19.1. The van der Waals surface area contributed by atoms with Gasteiger partial charge in [-0.1, -0.05) is 12.1 Å². The molecule has 1 aromatic carbocycles. The van der Waals surface area contributed by atoms with Gasteiger partial charge >= 0.3 is 6.03 Å². The number of amides is 2. The molecule has 118 valence electrons. The van der Waals surface area contributed by atoms with E-state index in [0.717, 1.165) is 11.4 Å². The van der Waals surface area contributed by atoms with Gasteiger partial charge in [0, 0.05) is 31.4 Å². The molecule has 0 saturated carbocycles. The van der Waals surface area contributed by atoms with Gasteiger partial charge in [0.1, 0.15) is 17.7 Å². The monoisotopic (exact) mass is 312 g/mol. The first kappa shape index (κ1) is 15.1. The third-order valence-corrected chi connectivity index (χ3v) is 4.24. The fraction of sp³-hybridized carbons (Fsp3) is 0.294. The third kappa shape index (κ3) is 2.78. The molecule has 1 saturated heterocycles. The summed E-state index contributed by atoms with van der Waals surface area (Å²) in [7, 11) is 1.96. The van der Waals surface area contributed by atoms with Gasteiger partial charge in [-0.2, -0.15) is 5.26 Å². The van der Waals surface area contributed by atoms with Crippen molar-refractivity contribution in [2.75, 3.05) is 13.6 Å². The zero-order valence-electron chi connectivity index (χ0n) is 13.0. The maximum atomic E-state index is 13.3. The second-order valence-electron chi connectivity index (χ2n) is 5.79. The molecular formula is C17H17FN4O. The highest BCUT2D eigenvalue weighted by Crippen LogP contribution is 2.26. The molecule has 0 aromatic heterocycles. The largest absolute Gasteiger partial charge is 0.356 e. The van der Waals surface area contributed by atoms with Crippen LogP contribution in [0, 0.1) is 17.1 Å². The number of nitriles is 1. The minimum Gasteiger partial charge on any atom is -0.356 e. The summed E-state index contributed by atoms with van der Waals surface area (Å²) < 4.78 is 13.3. The maximum Gasteiger partial charge on any atom is 0.327 e. The van der Waals surface area contributed by atoms with Crippen LogP contribution in [-0.2, 0) is 6.42 Å². The highest BCUT2D eigenvalue weighted by molar-refractivity contribution is 5.81. The Balaban J connectivity index is 1.82. The van der Waals surface area contributed by atoms with Crippen molar-refractivity contribution in [1.29, 1.82) is 5.26 Å². The average molecular weight is 312 g/mol. The smallest absolute Gasteiger partial charge is 0.327 e. The van der Waals surface area contributed by atoms with E-state index in [2.05, 4.69) is 17.1 Å². The number of nitrogens with one attached hydrogen (secondary N) is 1. The topological polar surface area (TPSA) is 59.4 Å². The number of rotatable bonds is 2. The Kier molecular flexibility index (Phi) is 3.78. The van der Waals surface area contributed by atoms with Gasteiger partial charge in [0.2, 0.25) is 0 Å². The Hall–Kier alpha value is -2.81. The first-order valence-electron chi connectivity index (χ1n) is 7.41. The number of fused-ring (bicyclic) bond motifs is 1. The van der Waals surface area contributed by atoms with E-state index in [9.17, 15) is 9.18 Å². The van der Waals surface area contributed by atoms with Crippen LogP contribution in [0.25, 0.3) is 0 Å². The van der Waals surface area contributed by atoms with Crippen LogP contribution in [0.4, 0.5) is 9.18 Å². The van der Waals surface area contributed by atoms with Gasteiger partial charge in [-0.3, -0.25) is 4.90 Å². The van der Waals surface area contributed by atoms with Gasteiger partial charge in [0.15, 0.2) is 0 Å². The number of hydrogen-bond acceptors (Lipinski definition) is 3. The number of benzene rings is 1. The summed E-state index contributed by atoms with van der Waals surface area (Å²) in [5.41, 5.74) is 1.56. The Morgan fingerprint density at radius 1 is 1.52 bits per heavy atom. The number of urea groups is 1. The van der Waals surface area contributed by atoms with Crippen LogP contribution < -0.4 is 5.32 Å². The molecular weight excluding hydrogens is 295 g/mol. The number of hydrogen-bond donors (Lipinski definition) is 1. The second-order valence-corrected chi connectivity index (χ2v) is 5.79. The fourth-order valence-corrected chi connectivity index (χ4v) is 2.75. The van der Waals surface area contributed by atoms with Crippen LogP contribution in [0.5, 0.6) is 0 Å². The lowest BCUT2D eigenvalue weighted by atomic mass is 10.1. The molecule has 1 atom stereocenters. The molecule has 1 unspecified atom stereocenters. The molecule has 2 heterocycles. The zero-order chi connectivity index (χ0) is 16.6. The predicted molar refractivity (Wildman–Crippen MR) is 83.4 cm³/mol.